The van der Waals surface area contributed by atoms with Crippen molar-refractivity contribution in [1.82, 2.24) is 19.9 Å². The molecule has 7 heteroatoms. The summed E-state index contributed by atoms with van der Waals surface area (Å²) in [6.07, 6.45) is 4.52. The van der Waals surface area contributed by atoms with E-state index in [-0.39, 0.29) is 6.09 Å². The predicted octanol–water partition coefficient (Wildman–Crippen LogP) is 2.84. The van der Waals surface area contributed by atoms with Crippen LogP contribution in [-0.4, -0.2) is 33.1 Å². The van der Waals surface area contributed by atoms with E-state index < -0.39 is 5.60 Å². The summed E-state index contributed by atoms with van der Waals surface area (Å²) in [7, 11) is 1.69. The van der Waals surface area contributed by atoms with Crippen LogP contribution in [0.25, 0.3) is 22.6 Å². The van der Waals surface area contributed by atoms with E-state index in [0.717, 1.165) is 22.3 Å². The Morgan fingerprint density at radius 3 is 2.83 bits per heavy atom. The molecule has 4 rings (SSSR count). The van der Waals surface area contributed by atoms with Crippen LogP contribution in [0.3, 0.4) is 0 Å². The van der Waals surface area contributed by atoms with Crippen LogP contribution in [0.15, 0.2) is 30.7 Å². The monoisotopic (exact) mass is 309 g/mol. The van der Waals surface area contributed by atoms with Gasteiger partial charge in [0.25, 0.3) is 0 Å². The highest BCUT2D eigenvalue weighted by Gasteiger charge is 2.37. The number of fused-ring (bicyclic) bond motifs is 2. The number of anilines is 1. The van der Waals surface area contributed by atoms with E-state index in [2.05, 4.69) is 19.9 Å². The molecule has 0 unspecified atom stereocenters. The van der Waals surface area contributed by atoms with Gasteiger partial charge in [-0.2, -0.15) is 0 Å². The zero-order valence-electron chi connectivity index (χ0n) is 13.0. The van der Waals surface area contributed by atoms with Gasteiger partial charge in [0.05, 0.1) is 22.9 Å². The minimum Gasteiger partial charge on any atom is -0.438 e. The Labute approximate surface area is 132 Å². The van der Waals surface area contributed by atoms with Gasteiger partial charge < -0.3 is 9.72 Å². The first-order valence-electron chi connectivity index (χ1n) is 7.23. The lowest BCUT2D eigenvalue weighted by Gasteiger charge is -2.36. The molecule has 0 fully saturated rings. The van der Waals surface area contributed by atoms with Crippen molar-refractivity contribution in [2.75, 3.05) is 11.9 Å². The van der Waals surface area contributed by atoms with Crippen molar-refractivity contribution in [3.05, 3.63) is 36.3 Å². The molecule has 0 radical (unpaired) electrons. The van der Waals surface area contributed by atoms with Gasteiger partial charge in [0.1, 0.15) is 11.3 Å². The van der Waals surface area contributed by atoms with Crippen LogP contribution in [0.4, 0.5) is 10.5 Å². The van der Waals surface area contributed by atoms with Gasteiger partial charge in [-0.05, 0) is 26.0 Å². The summed E-state index contributed by atoms with van der Waals surface area (Å²) < 4.78 is 5.48. The van der Waals surface area contributed by atoms with E-state index >= 15 is 0 Å². The molecule has 0 saturated carbocycles. The highest BCUT2D eigenvalue weighted by atomic mass is 16.6. The molecular weight excluding hydrogens is 294 g/mol. The second-order valence-electron chi connectivity index (χ2n) is 6.00. The molecule has 3 aromatic rings. The smallest absolute Gasteiger partial charge is 0.414 e. The SMILES string of the molecule is CN1C(=O)OC(C)(C)c2cc3[nH]c(-c4cnccn4)nc3cc21. The lowest BCUT2D eigenvalue weighted by molar-refractivity contribution is 0.0363. The Hall–Kier alpha value is -2.96. The number of rotatable bonds is 1. The van der Waals surface area contributed by atoms with Crippen LogP contribution < -0.4 is 4.90 Å². The number of nitrogens with zero attached hydrogens (tertiary/aromatic N) is 4. The summed E-state index contributed by atoms with van der Waals surface area (Å²) in [5.74, 6) is 0.642. The van der Waals surface area contributed by atoms with Crippen molar-refractivity contribution in [2.45, 2.75) is 19.4 Å². The molecule has 0 bridgehead atoms. The Morgan fingerprint density at radius 2 is 2.09 bits per heavy atom. The molecule has 0 aliphatic carbocycles. The molecule has 1 aliphatic heterocycles. The van der Waals surface area contributed by atoms with Gasteiger partial charge >= 0.3 is 6.09 Å². The maximum atomic E-state index is 12.0. The van der Waals surface area contributed by atoms with Crippen LogP contribution in [0.2, 0.25) is 0 Å². The number of nitrogens with one attached hydrogen (secondary N) is 1. The highest BCUT2D eigenvalue weighted by Crippen LogP contribution is 2.40. The molecule has 0 spiro atoms. The zero-order valence-corrected chi connectivity index (χ0v) is 13.0. The van der Waals surface area contributed by atoms with Crippen molar-refractivity contribution in [2.24, 2.45) is 0 Å². The molecular formula is C16H15N5O2. The molecule has 1 N–H and O–H groups in total. The third kappa shape index (κ3) is 2.04. The zero-order chi connectivity index (χ0) is 16.2. The number of H-pyrrole nitrogens is 1. The molecule has 1 aliphatic rings. The summed E-state index contributed by atoms with van der Waals surface area (Å²) in [6.45, 7) is 3.75. The Morgan fingerprint density at radius 1 is 1.26 bits per heavy atom. The predicted molar refractivity (Wildman–Crippen MR) is 85.0 cm³/mol. The van der Waals surface area contributed by atoms with E-state index in [1.165, 1.54) is 4.90 Å². The molecule has 116 valence electrons. The molecule has 3 heterocycles. The quantitative estimate of drug-likeness (QED) is 0.747. The normalized spacial score (nSPS) is 16.3. The van der Waals surface area contributed by atoms with Gasteiger partial charge in [-0.15, -0.1) is 0 Å². The number of aromatic amines is 1. The van der Waals surface area contributed by atoms with Crippen molar-refractivity contribution in [3.63, 3.8) is 0 Å². The minimum atomic E-state index is -0.690. The third-order valence-electron chi connectivity index (χ3n) is 4.03. The van der Waals surface area contributed by atoms with Crippen molar-refractivity contribution in [3.8, 4) is 11.5 Å². The number of imidazole rings is 1. The minimum absolute atomic E-state index is 0.369. The summed E-state index contributed by atoms with van der Waals surface area (Å²) in [5, 5.41) is 0. The van der Waals surface area contributed by atoms with Gasteiger partial charge in [-0.3, -0.25) is 9.88 Å². The first kappa shape index (κ1) is 13.7. The van der Waals surface area contributed by atoms with E-state index in [1.54, 1.807) is 25.6 Å². The fourth-order valence-corrected chi connectivity index (χ4v) is 2.79. The second-order valence-corrected chi connectivity index (χ2v) is 6.00. The standard InChI is InChI=1S/C16H15N5O2/c1-16(2)9-6-10-11(7-13(9)21(3)15(22)23-16)20-14(19-10)12-8-17-4-5-18-12/h4-8H,1-3H3,(H,19,20). The van der Waals surface area contributed by atoms with Gasteiger partial charge in [0, 0.05) is 25.0 Å². The fraction of sp³-hybridized carbons (Fsp3) is 0.250. The number of benzene rings is 1. The van der Waals surface area contributed by atoms with Crippen molar-refractivity contribution < 1.29 is 9.53 Å². The van der Waals surface area contributed by atoms with Crippen LogP contribution in [0, 0.1) is 0 Å². The largest absolute Gasteiger partial charge is 0.438 e. The topological polar surface area (TPSA) is 84.0 Å². The number of carbonyl (C=O) groups excluding carboxylic acids is 1. The number of aromatic nitrogens is 4. The number of carbonyl (C=O) groups is 1. The molecule has 23 heavy (non-hydrogen) atoms. The Kier molecular flexibility index (Phi) is 2.69. The lowest BCUT2D eigenvalue weighted by Crippen LogP contribution is -2.41. The first-order chi connectivity index (χ1) is 11.0. The molecule has 0 saturated heterocycles. The van der Waals surface area contributed by atoms with Gasteiger partial charge in [0.15, 0.2) is 5.82 Å². The van der Waals surface area contributed by atoms with Crippen LogP contribution >= 0.6 is 0 Å². The summed E-state index contributed by atoms with van der Waals surface area (Å²) in [5.41, 5.74) is 3.34. The van der Waals surface area contributed by atoms with Crippen molar-refractivity contribution in [1.29, 1.82) is 0 Å². The molecule has 1 amide bonds. The summed E-state index contributed by atoms with van der Waals surface area (Å²) >= 11 is 0. The lowest BCUT2D eigenvalue weighted by atomic mass is 9.94. The maximum Gasteiger partial charge on any atom is 0.414 e. The number of amides is 1. The second kappa shape index (κ2) is 4.52. The number of cyclic esters (lactones) is 1. The van der Waals surface area contributed by atoms with Crippen molar-refractivity contribution >= 4 is 22.8 Å². The van der Waals surface area contributed by atoms with Crippen LogP contribution in [0.1, 0.15) is 19.4 Å². The Balaban J connectivity index is 1.93. The Bertz CT molecular complexity index is 917. The molecule has 1 aromatic carbocycles. The number of hydrogen-bond acceptors (Lipinski definition) is 5. The van der Waals surface area contributed by atoms with E-state index in [9.17, 15) is 4.79 Å². The van der Waals surface area contributed by atoms with Crippen LogP contribution in [-0.2, 0) is 10.3 Å². The maximum absolute atomic E-state index is 12.0. The highest BCUT2D eigenvalue weighted by molar-refractivity contribution is 5.95. The first-order valence-corrected chi connectivity index (χ1v) is 7.23. The number of ether oxygens (including phenoxy) is 1. The van der Waals surface area contributed by atoms with Gasteiger partial charge in [-0.25, -0.2) is 14.8 Å². The fourth-order valence-electron chi connectivity index (χ4n) is 2.79. The van der Waals surface area contributed by atoms with Gasteiger partial charge in [0.2, 0.25) is 0 Å². The third-order valence-corrected chi connectivity index (χ3v) is 4.03. The average Bonchev–Trinajstić information content (AvgIpc) is 2.95. The molecule has 0 atom stereocenters. The number of hydrogen-bond donors (Lipinski definition) is 1. The average molecular weight is 309 g/mol. The summed E-state index contributed by atoms with van der Waals surface area (Å²) in [6, 6.07) is 3.86. The van der Waals surface area contributed by atoms with Crippen LogP contribution in [0.5, 0.6) is 0 Å². The van der Waals surface area contributed by atoms with E-state index in [4.69, 9.17) is 4.74 Å². The molecule has 7 nitrogen and oxygen atoms in total. The van der Waals surface area contributed by atoms with E-state index in [1.807, 2.05) is 26.0 Å². The summed E-state index contributed by atoms with van der Waals surface area (Å²) in [4.78, 5) is 29.6. The van der Waals surface area contributed by atoms with E-state index in [0.29, 0.717) is 11.5 Å². The molecule has 2 aromatic heterocycles. The van der Waals surface area contributed by atoms with Gasteiger partial charge in [-0.1, -0.05) is 0 Å².